The van der Waals surface area contributed by atoms with Crippen molar-refractivity contribution >= 4 is 0 Å². The summed E-state index contributed by atoms with van der Waals surface area (Å²) < 4.78 is 5.15. The average Bonchev–Trinajstić information content (AvgIpc) is 2.94. The van der Waals surface area contributed by atoms with Crippen molar-refractivity contribution in [1.82, 2.24) is 10.1 Å². The minimum atomic E-state index is -0.199. The molecular weight excluding hydrogens is 192 g/mol. The number of aliphatic hydroxyl groups excluding tert-OH is 1. The Morgan fingerprint density at radius 2 is 2.27 bits per heavy atom. The van der Waals surface area contributed by atoms with Crippen LogP contribution < -0.4 is 0 Å². The minimum absolute atomic E-state index is 0.199. The molecule has 1 aliphatic rings. The van der Waals surface area contributed by atoms with Crippen molar-refractivity contribution in [1.29, 1.82) is 0 Å². The van der Waals surface area contributed by atoms with Crippen LogP contribution in [0.3, 0.4) is 0 Å². The zero-order chi connectivity index (χ0) is 10.7. The van der Waals surface area contributed by atoms with Crippen LogP contribution in [0, 0.1) is 0 Å². The van der Waals surface area contributed by atoms with Gasteiger partial charge in [0.15, 0.2) is 5.82 Å². The fourth-order valence-corrected chi connectivity index (χ4v) is 1.59. The molecule has 1 aliphatic carbocycles. The molecule has 1 unspecified atom stereocenters. The van der Waals surface area contributed by atoms with E-state index in [1.807, 2.05) is 6.92 Å². The van der Waals surface area contributed by atoms with E-state index in [-0.39, 0.29) is 6.10 Å². The molecule has 0 aromatic carbocycles. The Hall–Kier alpha value is -0.900. The number of aromatic nitrogens is 2. The van der Waals surface area contributed by atoms with Crippen LogP contribution in [0.4, 0.5) is 0 Å². The van der Waals surface area contributed by atoms with Gasteiger partial charge in [-0.1, -0.05) is 11.6 Å². The summed E-state index contributed by atoms with van der Waals surface area (Å²) in [5.41, 5.74) is 0. The summed E-state index contributed by atoms with van der Waals surface area (Å²) in [7, 11) is 0. The number of rotatable bonds is 6. The second kappa shape index (κ2) is 4.75. The highest BCUT2D eigenvalue weighted by Gasteiger charge is 2.28. The molecule has 15 heavy (non-hydrogen) atoms. The average molecular weight is 210 g/mol. The van der Waals surface area contributed by atoms with Gasteiger partial charge in [0.1, 0.15) is 0 Å². The van der Waals surface area contributed by atoms with Gasteiger partial charge in [0.25, 0.3) is 0 Å². The molecule has 0 bridgehead atoms. The monoisotopic (exact) mass is 210 g/mol. The van der Waals surface area contributed by atoms with Crippen LogP contribution in [0.2, 0.25) is 0 Å². The molecule has 0 spiro atoms. The second-order valence-corrected chi connectivity index (χ2v) is 4.42. The molecule has 1 aromatic heterocycles. The minimum Gasteiger partial charge on any atom is -0.393 e. The van der Waals surface area contributed by atoms with Crippen LogP contribution in [0.1, 0.15) is 56.7 Å². The van der Waals surface area contributed by atoms with E-state index < -0.39 is 0 Å². The fourth-order valence-electron chi connectivity index (χ4n) is 1.59. The first-order chi connectivity index (χ1) is 7.25. The lowest BCUT2D eigenvalue weighted by atomic mass is 10.1. The molecule has 4 heteroatoms. The lowest BCUT2D eigenvalue weighted by Gasteiger charge is -2.01. The molecule has 4 nitrogen and oxygen atoms in total. The third kappa shape index (κ3) is 3.30. The first-order valence-corrected chi connectivity index (χ1v) is 5.76. The molecule has 0 aliphatic heterocycles. The standard InChI is InChI=1S/C11H18N2O2/c1-8(14)4-2-3-5-10-12-11(13-15-10)9-6-7-9/h8-9,14H,2-7H2,1H3. The summed E-state index contributed by atoms with van der Waals surface area (Å²) >= 11 is 0. The molecular formula is C11H18N2O2. The molecule has 1 atom stereocenters. The van der Waals surface area contributed by atoms with Gasteiger partial charge in [-0.05, 0) is 32.6 Å². The normalized spacial score (nSPS) is 18.0. The molecule has 1 saturated carbocycles. The summed E-state index contributed by atoms with van der Waals surface area (Å²) in [6.07, 6.45) is 5.93. The van der Waals surface area contributed by atoms with Crippen LogP contribution in [0.15, 0.2) is 4.52 Å². The van der Waals surface area contributed by atoms with E-state index in [2.05, 4.69) is 10.1 Å². The van der Waals surface area contributed by atoms with E-state index in [0.29, 0.717) is 5.92 Å². The number of hydrogen-bond donors (Lipinski definition) is 1. The number of nitrogens with zero attached hydrogens (tertiary/aromatic N) is 2. The molecule has 0 amide bonds. The Kier molecular flexibility index (Phi) is 3.36. The maximum absolute atomic E-state index is 9.08. The van der Waals surface area contributed by atoms with Gasteiger partial charge in [-0.2, -0.15) is 4.98 Å². The van der Waals surface area contributed by atoms with Gasteiger partial charge < -0.3 is 9.63 Å². The molecule has 0 radical (unpaired) electrons. The van der Waals surface area contributed by atoms with Crippen LogP contribution in [0.5, 0.6) is 0 Å². The number of aryl methyl sites for hydroxylation is 1. The van der Waals surface area contributed by atoms with E-state index in [1.165, 1.54) is 12.8 Å². The number of aliphatic hydroxyl groups is 1. The third-order valence-electron chi connectivity index (χ3n) is 2.69. The highest BCUT2D eigenvalue weighted by Crippen LogP contribution is 2.38. The molecule has 0 saturated heterocycles. The van der Waals surface area contributed by atoms with Crippen molar-refractivity contribution in [3.63, 3.8) is 0 Å². The predicted octanol–water partition coefficient (Wildman–Crippen LogP) is 2.04. The molecule has 1 aromatic rings. The van der Waals surface area contributed by atoms with Crippen molar-refractivity contribution in [2.45, 2.75) is 57.5 Å². The summed E-state index contributed by atoms with van der Waals surface area (Å²) in [5, 5.41) is 13.0. The Morgan fingerprint density at radius 1 is 1.47 bits per heavy atom. The van der Waals surface area contributed by atoms with Crippen LogP contribution in [-0.4, -0.2) is 21.4 Å². The quantitative estimate of drug-likeness (QED) is 0.730. The predicted molar refractivity (Wildman–Crippen MR) is 55.5 cm³/mol. The Morgan fingerprint density at radius 3 is 2.93 bits per heavy atom. The lowest BCUT2D eigenvalue weighted by molar-refractivity contribution is 0.180. The summed E-state index contributed by atoms with van der Waals surface area (Å²) in [5.74, 6) is 2.21. The van der Waals surface area contributed by atoms with Crippen LogP contribution in [0.25, 0.3) is 0 Å². The molecule has 2 rings (SSSR count). The van der Waals surface area contributed by atoms with Crippen molar-refractivity contribution in [2.24, 2.45) is 0 Å². The van der Waals surface area contributed by atoms with E-state index in [4.69, 9.17) is 9.63 Å². The highest BCUT2D eigenvalue weighted by molar-refractivity contribution is 5.03. The van der Waals surface area contributed by atoms with E-state index in [9.17, 15) is 0 Å². The summed E-state index contributed by atoms with van der Waals surface area (Å²) in [6.45, 7) is 1.82. The van der Waals surface area contributed by atoms with Gasteiger partial charge in [0, 0.05) is 12.3 Å². The van der Waals surface area contributed by atoms with E-state index >= 15 is 0 Å². The SMILES string of the molecule is CC(O)CCCCc1nc(C2CC2)no1. The maximum atomic E-state index is 9.08. The van der Waals surface area contributed by atoms with Gasteiger partial charge in [-0.3, -0.25) is 0 Å². The first kappa shape index (κ1) is 10.6. The van der Waals surface area contributed by atoms with Gasteiger partial charge in [0.2, 0.25) is 5.89 Å². The molecule has 1 heterocycles. The summed E-state index contributed by atoms with van der Waals surface area (Å²) in [4.78, 5) is 4.35. The largest absolute Gasteiger partial charge is 0.393 e. The van der Waals surface area contributed by atoms with Gasteiger partial charge >= 0.3 is 0 Å². The van der Waals surface area contributed by atoms with Crippen LogP contribution in [-0.2, 0) is 6.42 Å². The molecule has 84 valence electrons. The maximum Gasteiger partial charge on any atom is 0.226 e. The second-order valence-electron chi connectivity index (χ2n) is 4.42. The zero-order valence-corrected chi connectivity index (χ0v) is 9.15. The highest BCUT2D eigenvalue weighted by atomic mass is 16.5. The zero-order valence-electron chi connectivity index (χ0n) is 9.15. The van der Waals surface area contributed by atoms with Gasteiger partial charge in [0.05, 0.1) is 6.10 Å². The number of unbranched alkanes of at least 4 members (excludes halogenated alkanes) is 1. The van der Waals surface area contributed by atoms with Gasteiger partial charge in [-0.25, -0.2) is 0 Å². The molecule has 1 N–H and O–H groups in total. The molecule has 1 fully saturated rings. The van der Waals surface area contributed by atoms with Crippen molar-refractivity contribution in [3.8, 4) is 0 Å². The fraction of sp³-hybridized carbons (Fsp3) is 0.818. The Labute approximate surface area is 89.7 Å². The topological polar surface area (TPSA) is 59.2 Å². The van der Waals surface area contributed by atoms with E-state index in [1.54, 1.807) is 0 Å². The third-order valence-corrected chi connectivity index (χ3v) is 2.69. The van der Waals surface area contributed by atoms with Crippen molar-refractivity contribution < 1.29 is 9.63 Å². The van der Waals surface area contributed by atoms with Gasteiger partial charge in [-0.15, -0.1) is 0 Å². The number of hydrogen-bond acceptors (Lipinski definition) is 4. The summed E-state index contributed by atoms with van der Waals surface area (Å²) in [6, 6.07) is 0. The lowest BCUT2D eigenvalue weighted by Crippen LogP contribution is -1.99. The van der Waals surface area contributed by atoms with E-state index in [0.717, 1.165) is 37.4 Å². The Balaban J connectivity index is 1.69. The van der Waals surface area contributed by atoms with Crippen molar-refractivity contribution in [2.75, 3.05) is 0 Å². The van der Waals surface area contributed by atoms with Crippen LogP contribution >= 0.6 is 0 Å². The smallest absolute Gasteiger partial charge is 0.226 e. The first-order valence-electron chi connectivity index (χ1n) is 5.76. The Bertz CT molecular complexity index is 305. The van der Waals surface area contributed by atoms with Crippen molar-refractivity contribution in [3.05, 3.63) is 11.7 Å².